The van der Waals surface area contributed by atoms with Crippen molar-refractivity contribution < 1.29 is 14.0 Å². The molecular formula is C30H44N2O3Si. The highest BCUT2D eigenvalue weighted by Crippen LogP contribution is 2.38. The van der Waals surface area contributed by atoms with Gasteiger partial charge in [0.1, 0.15) is 5.69 Å². The number of ether oxygens (including phenoxy) is 1. The Kier molecular flexibility index (Phi) is 8.51. The number of carbonyl (C=O) groups excluding carboxylic acids is 1. The standard InChI is InChI=1S/C30H44N2O3Si/c1-22-27(32-18-13-16-26(28(32)31-22)34-19-17-29(2,3)4)25(33)20-24(23-14-11-10-12-15-23)21-35-36(8,9)30(5,6)7/h10-16,18,24H,17,19-21H2,1-9H3/t24-/m0/s1. The van der Waals surface area contributed by atoms with Crippen LogP contribution in [-0.2, 0) is 4.43 Å². The predicted molar refractivity (Wildman–Crippen MR) is 151 cm³/mol. The van der Waals surface area contributed by atoms with Gasteiger partial charge in [0.15, 0.2) is 25.5 Å². The molecule has 0 fully saturated rings. The third-order valence-electron chi connectivity index (χ3n) is 7.32. The maximum absolute atomic E-state index is 13.8. The highest BCUT2D eigenvalue weighted by molar-refractivity contribution is 6.74. The van der Waals surface area contributed by atoms with Crippen molar-refractivity contribution in [2.24, 2.45) is 5.41 Å². The molecule has 5 nitrogen and oxygen atoms in total. The fourth-order valence-corrected chi connectivity index (χ4v) is 4.97. The zero-order valence-electron chi connectivity index (χ0n) is 23.6. The lowest BCUT2D eigenvalue weighted by molar-refractivity contribution is 0.0955. The van der Waals surface area contributed by atoms with Gasteiger partial charge < -0.3 is 9.16 Å². The first-order chi connectivity index (χ1) is 16.7. The number of aromatic nitrogens is 2. The molecule has 0 radical (unpaired) electrons. The number of imidazole rings is 1. The van der Waals surface area contributed by atoms with Gasteiger partial charge in [0, 0.05) is 25.1 Å². The molecule has 1 atom stereocenters. The van der Waals surface area contributed by atoms with Crippen molar-refractivity contribution in [3.63, 3.8) is 0 Å². The summed E-state index contributed by atoms with van der Waals surface area (Å²) in [5.74, 6) is 0.758. The van der Waals surface area contributed by atoms with Gasteiger partial charge in [0.25, 0.3) is 0 Å². The molecule has 1 aromatic carbocycles. The zero-order chi connectivity index (χ0) is 26.7. The summed E-state index contributed by atoms with van der Waals surface area (Å²) in [5, 5.41) is 0.111. The lowest BCUT2D eigenvalue weighted by Gasteiger charge is -2.37. The lowest BCUT2D eigenvalue weighted by atomic mass is 9.93. The van der Waals surface area contributed by atoms with Gasteiger partial charge in [0.2, 0.25) is 0 Å². The topological polar surface area (TPSA) is 52.8 Å². The van der Waals surface area contributed by atoms with Gasteiger partial charge in [-0.2, -0.15) is 0 Å². The van der Waals surface area contributed by atoms with E-state index >= 15 is 0 Å². The summed E-state index contributed by atoms with van der Waals surface area (Å²) in [6.07, 6.45) is 3.21. The van der Waals surface area contributed by atoms with Crippen molar-refractivity contribution in [1.82, 2.24) is 9.38 Å². The van der Waals surface area contributed by atoms with Crippen molar-refractivity contribution in [3.05, 3.63) is 65.6 Å². The summed E-state index contributed by atoms with van der Waals surface area (Å²) in [7, 11) is -1.95. The van der Waals surface area contributed by atoms with Crippen LogP contribution in [0.3, 0.4) is 0 Å². The number of benzene rings is 1. The molecule has 2 heterocycles. The predicted octanol–water partition coefficient (Wildman–Crippen LogP) is 7.84. The summed E-state index contributed by atoms with van der Waals surface area (Å²) in [6, 6.07) is 14.1. The summed E-state index contributed by atoms with van der Waals surface area (Å²) in [5.41, 5.74) is 3.36. The van der Waals surface area contributed by atoms with Gasteiger partial charge in [0.05, 0.1) is 12.3 Å². The molecule has 0 unspecified atom stereocenters. The number of Topliss-reactive ketones (excluding diaryl/α,β-unsaturated/α-hetero) is 1. The van der Waals surface area contributed by atoms with Crippen LogP contribution >= 0.6 is 0 Å². The van der Waals surface area contributed by atoms with E-state index in [0.29, 0.717) is 36.7 Å². The van der Waals surface area contributed by atoms with Crippen LogP contribution in [0.5, 0.6) is 5.75 Å². The van der Waals surface area contributed by atoms with Crippen LogP contribution in [0.1, 0.15) is 82.0 Å². The normalized spacial score (nSPS) is 13.7. The third-order valence-corrected chi connectivity index (χ3v) is 11.8. The average molecular weight is 509 g/mol. The molecule has 6 heteroatoms. The maximum atomic E-state index is 13.8. The maximum Gasteiger partial charge on any atom is 0.192 e. The Hall–Kier alpha value is -2.44. The second-order valence-corrected chi connectivity index (χ2v) is 17.4. The van der Waals surface area contributed by atoms with Gasteiger partial charge in [-0.1, -0.05) is 71.9 Å². The van der Waals surface area contributed by atoms with E-state index in [2.05, 4.69) is 66.8 Å². The molecule has 0 aliphatic rings. The minimum absolute atomic E-state index is 0.0241. The van der Waals surface area contributed by atoms with Crippen molar-refractivity contribution in [1.29, 1.82) is 0 Å². The van der Waals surface area contributed by atoms with E-state index in [9.17, 15) is 4.79 Å². The SMILES string of the molecule is Cc1nc2c(OCCC(C)(C)C)cccn2c1C(=O)C[C@@H](CO[Si](C)(C)C(C)(C)C)c1ccccc1. The molecule has 0 amide bonds. The first-order valence-corrected chi connectivity index (χ1v) is 15.9. The van der Waals surface area contributed by atoms with Gasteiger partial charge in [-0.25, -0.2) is 4.98 Å². The van der Waals surface area contributed by atoms with Crippen LogP contribution in [0, 0.1) is 12.3 Å². The van der Waals surface area contributed by atoms with Gasteiger partial charge in [-0.15, -0.1) is 0 Å². The Balaban J connectivity index is 1.86. The highest BCUT2D eigenvalue weighted by atomic mass is 28.4. The van der Waals surface area contributed by atoms with Crippen LogP contribution in [0.4, 0.5) is 0 Å². The van der Waals surface area contributed by atoms with Crippen molar-refractivity contribution in [3.8, 4) is 5.75 Å². The number of carbonyl (C=O) groups is 1. The van der Waals surface area contributed by atoms with E-state index in [1.807, 2.05) is 47.9 Å². The fourth-order valence-electron chi connectivity index (χ4n) is 3.92. The van der Waals surface area contributed by atoms with Gasteiger partial charge in [-0.05, 0) is 54.6 Å². The average Bonchev–Trinajstić information content (AvgIpc) is 3.12. The minimum atomic E-state index is -1.95. The molecule has 36 heavy (non-hydrogen) atoms. The first kappa shape index (κ1) is 28.1. The Morgan fingerprint density at radius 2 is 1.69 bits per heavy atom. The second-order valence-electron chi connectivity index (χ2n) is 12.6. The molecule has 0 N–H and O–H groups in total. The summed E-state index contributed by atoms with van der Waals surface area (Å²) >= 11 is 0. The number of ketones is 1. The quantitative estimate of drug-likeness (QED) is 0.207. The molecule has 0 saturated carbocycles. The Labute approximate surface area is 218 Å². The molecule has 3 aromatic rings. The Bertz CT molecular complexity index is 1170. The molecule has 0 saturated heterocycles. The monoisotopic (exact) mass is 508 g/mol. The second kappa shape index (κ2) is 10.9. The summed E-state index contributed by atoms with van der Waals surface area (Å²) in [4.78, 5) is 18.5. The number of aryl methyl sites for hydroxylation is 1. The molecule has 0 aliphatic carbocycles. The zero-order valence-corrected chi connectivity index (χ0v) is 24.6. The number of hydrogen-bond donors (Lipinski definition) is 0. The molecule has 0 aliphatic heterocycles. The molecular weight excluding hydrogens is 464 g/mol. The Morgan fingerprint density at radius 3 is 2.31 bits per heavy atom. The van der Waals surface area contributed by atoms with E-state index in [1.54, 1.807) is 0 Å². The molecule has 0 bridgehead atoms. The van der Waals surface area contributed by atoms with Crippen molar-refractivity contribution >= 4 is 19.7 Å². The highest BCUT2D eigenvalue weighted by Gasteiger charge is 2.38. The third kappa shape index (κ3) is 6.86. The largest absolute Gasteiger partial charge is 0.490 e. The number of fused-ring (bicyclic) bond motifs is 1. The van der Waals surface area contributed by atoms with Crippen molar-refractivity contribution in [2.45, 2.75) is 85.4 Å². The molecule has 3 rings (SSSR count). The van der Waals surface area contributed by atoms with Crippen LogP contribution in [-0.4, -0.2) is 36.7 Å². The van der Waals surface area contributed by atoms with Crippen molar-refractivity contribution in [2.75, 3.05) is 13.2 Å². The van der Waals surface area contributed by atoms with Gasteiger partial charge >= 0.3 is 0 Å². The van der Waals surface area contributed by atoms with E-state index in [1.165, 1.54) is 0 Å². The first-order valence-electron chi connectivity index (χ1n) is 13.0. The van der Waals surface area contributed by atoms with Gasteiger partial charge in [-0.3, -0.25) is 9.20 Å². The van der Waals surface area contributed by atoms with Crippen LogP contribution in [0.15, 0.2) is 48.7 Å². The summed E-state index contributed by atoms with van der Waals surface area (Å²) in [6.45, 7) is 20.9. The van der Waals surface area contributed by atoms with Crippen LogP contribution in [0.25, 0.3) is 5.65 Å². The van der Waals surface area contributed by atoms with Crippen LogP contribution in [0.2, 0.25) is 18.1 Å². The minimum Gasteiger partial charge on any atom is -0.490 e. The van der Waals surface area contributed by atoms with E-state index in [0.717, 1.165) is 17.7 Å². The molecule has 196 valence electrons. The number of rotatable bonds is 10. The summed E-state index contributed by atoms with van der Waals surface area (Å²) < 4.78 is 14.6. The fraction of sp³-hybridized carbons (Fsp3) is 0.533. The Morgan fingerprint density at radius 1 is 1.03 bits per heavy atom. The van der Waals surface area contributed by atoms with E-state index < -0.39 is 8.32 Å². The number of hydrogen-bond acceptors (Lipinski definition) is 4. The van der Waals surface area contributed by atoms with Crippen LogP contribution < -0.4 is 4.74 Å². The smallest absolute Gasteiger partial charge is 0.192 e. The number of nitrogens with zero attached hydrogens (tertiary/aromatic N) is 2. The number of pyridine rings is 1. The lowest BCUT2D eigenvalue weighted by Crippen LogP contribution is -2.41. The van der Waals surface area contributed by atoms with E-state index in [-0.39, 0.29) is 22.2 Å². The molecule has 0 spiro atoms. The molecule has 2 aromatic heterocycles. The van der Waals surface area contributed by atoms with E-state index in [4.69, 9.17) is 14.1 Å².